The van der Waals surface area contributed by atoms with Crippen LogP contribution < -0.4 is 5.73 Å². The number of ether oxygens (including phenoxy) is 3. The van der Waals surface area contributed by atoms with Gasteiger partial charge in [0.1, 0.15) is 36.6 Å². The third-order valence-corrected chi connectivity index (χ3v) is 20.8. The lowest BCUT2D eigenvalue weighted by Gasteiger charge is -2.41. The molecule has 0 saturated carbocycles. The van der Waals surface area contributed by atoms with Crippen molar-refractivity contribution in [2.24, 2.45) is 64.9 Å². The van der Waals surface area contributed by atoms with Gasteiger partial charge in [-0.25, -0.2) is 0 Å². The Morgan fingerprint density at radius 1 is 0.516 bits per heavy atom. The molecule has 0 aromatic rings. The van der Waals surface area contributed by atoms with Crippen molar-refractivity contribution in [1.82, 2.24) is 0 Å². The van der Waals surface area contributed by atoms with Crippen LogP contribution in [0.3, 0.4) is 0 Å². The second kappa shape index (κ2) is 45.5. The van der Waals surface area contributed by atoms with Gasteiger partial charge in [-0.1, -0.05) is 138 Å². The number of cyclic esters (lactones) is 1. The van der Waals surface area contributed by atoms with Crippen molar-refractivity contribution in [3.63, 3.8) is 0 Å². The number of esters is 1. The molecule has 0 radical (unpaired) electrons. The van der Waals surface area contributed by atoms with Crippen molar-refractivity contribution in [2.45, 2.75) is 327 Å². The summed E-state index contributed by atoms with van der Waals surface area (Å²) in [6, 6.07) is 0. The van der Waals surface area contributed by atoms with Crippen LogP contribution in [-0.2, 0) is 19.0 Å². The lowest BCUT2D eigenvalue weighted by atomic mass is 9.81. The van der Waals surface area contributed by atoms with Gasteiger partial charge >= 0.3 is 5.97 Å². The predicted molar refractivity (Wildman–Crippen MR) is 362 cm³/mol. The van der Waals surface area contributed by atoms with Crippen molar-refractivity contribution in [3.8, 4) is 0 Å². The molecule has 558 valence electrons. The summed E-state index contributed by atoms with van der Waals surface area (Å²) in [6.07, 6.45) is -10.2. The smallest absolute Gasteiger partial charge is 0.306 e. The van der Waals surface area contributed by atoms with Crippen LogP contribution in [-0.4, -0.2) is 239 Å². The lowest BCUT2D eigenvalue weighted by molar-refractivity contribution is -0.314. The summed E-state index contributed by atoms with van der Waals surface area (Å²) in [6.45, 7) is 20.3. The molecular weight excluding hydrogens is 1230 g/mol. The van der Waals surface area contributed by atoms with Crippen LogP contribution in [0, 0.1) is 59.2 Å². The molecule has 2 heterocycles. The molecule has 1 fully saturated rings. The number of nitrogens with two attached hydrogens (primary N) is 1. The largest absolute Gasteiger partial charge is 0.462 e. The molecule has 2 aliphatic heterocycles. The normalized spacial score (nSPS) is 44.3. The lowest BCUT2D eigenvalue weighted by Crippen LogP contribution is -2.60. The first kappa shape index (κ1) is 88.7. The average Bonchev–Trinajstić information content (AvgIpc) is 0.820. The van der Waals surface area contributed by atoms with Gasteiger partial charge in [0, 0.05) is 60.2 Å². The summed E-state index contributed by atoms with van der Waals surface area (Å²) in [7, 11) is 0. The predicted octanol–water partition coefficient (Wildman–Crippen LogP) is 3.50. The van der Waals surface area contributed by atoms with E-state index in [2.05, 4.69) is 0 Å². The molecule has 20 N–H and O–H groups in total. The second-order valence-electron chi connectivity index (χ2n) is 29.0. The zero-order valence-corrected chi connectivity index (χ0v) is 59.3. The molecule has 23 nitrogen and oxygen atoms in total. The van der Waals surface area contributed by atoms with Gasteiger partial charge in [0.2, 0.25) is 0 Å². The second-order valence-corrected chi connectivity index (χ2v) is 29.0. The van der Waals surface area contributed by atoms with Crippen molar-refractivity contribution in [2.75, 3.05) is 13.2 Å². The maximum atomic E-state index is 13.5. The van der Waals surface area contributed by atoms with Crippen LogP contribution in [0.1, 0.15) is 199 Å². The van der Waals surface area contributed by atoms with E-state index in [1.165, 1.54) is 19.1 Å². The van der Waals surface area contributed by atoms with Gasteiger partial charge in [0.15, 0.2) is 6.29 Å². The van der Waals surface area contributed by atoms with Gasteiger partial charge in [0.05, 0.1) is 92.1 Å². The number of aliphatic hydroxyl groups is 18. The summed E-state index contributed by atoms with van der Waals surface area (Å²) < 4.78 is 17.8. The first-order valence-corrected chi connectivity index (χ1v) is 35.6. The zero-order chi connectivity index (χ0) is 72.1. The summed E-state index contributed by atoms with van der Waals surface area (Å²) in [5.41, 5.74) is 6.49. The summed E-state index contributed by atoms with van der Waals surface area (Å²) in [5.74, 6) is -6.35. The summed E-state index contributed by atoms with van der Waals surface area (Å²) in [5, 5.41) is 200. The third-order valence-electron chi connectivity index (χ3n) is 20.8. The Morgan fingerprint density at radius 2 is 1.06 bits per heavy atom. The standard InChI is InChI=1S/C72H133NO22/c1-39-22-19-20-25-55(79)46(8)54(78)24-17-15-18-26-62(84)95-71(42(4)23-16-13-14-21-31-73)50(12)59(83)37-53(77)36-58(82)48(10)66(88)47(9)56(80)34-51(75)29-27-40(2)63(85)41(3)28-30-52(76)35-57(81)49(11)67(89)60(33-45(7)65(87)44(6)32-43(5)64(39)86)93-72-70(92)69(91)68(90)61(38-74)94-72/h19,22,28,30,32-33,39-42,44,46-61,63-72,74-83,85-92H,13-18,20-21,23-27,29,31,34-38,73H2,1-12H3/b22-19+,30-28+,43-32+,45-33+/t39?,40?,41?,42?,44?,46?,47?,48?,49?,50?,51?,52?,53?,54?,55?,56?,57?,58?,59?,60?,61?,63?,64?,65?,66?,67?,68-,69?,70-,71?,72?/m1/s1. The Balaban J connectivity index is 2.44. The van der Waals surface area contributed by atoms with Crippen LogP contribution in [0.25, 0.3) is 0 Å². The van der Waals surface area contributed by atoms with E-state index in [0.717, 1.165) is 32.1 Å². The Morgan fingerprint density at radius 3 is 1.67 bits per heavy atom. The first-order chi connectivity index (χ1) is 44.5. The maximum absolute atomic E-state index is 13.5. The minimum absolute atomic E-state index is 0.104. The molecule has 23 heteroatoms. The first-order valence-electron chi connectivity index (χ1n) is 35.6. The van der Waals surface area contributed by atoms with Gasteiger partial charge in [-0.3, -0.25) is 4.79 Å². The summed E-state index contributed by atoms with van der Waals surface area (Å²) in [4.78, 5) is 13.5. The van der Waals surface area contributed by atoms with Crippen LogP contribution in [0.5, 0.6) is 0 Å². The average molecular weight is 1360 g/mol. The number of hydrogen-bond acceptors (Lipinski definition) is 23. The van der Waals surface area contributed by atoms with E-state index >= 15 is 0 Å². The topological polar surface area (TPSA) is 435 Å². The molecule has 0 spiro atoms. The molecule has 0 amide bonds. The van der Waals surface area contributed by atoms with Gasteiger partial charge in [-0.15, -0.1) is 0 Å². The number of allylic oxidation sites excluding steroid dienone is 1. The van der Waals surface area contributed by atoms with Crippen LogP contribution in [0.4, 0.5) is 0 Å². The van der Waals surface area contributed by atoms with Crippen molar-refractivity contribution in [3.05, 3.63) is 47.6 Å². The van der Waals surface area contributed by atoms with E-state index in [4.69, 9.17) is 19.9 Å². The van der Waals surface area contributed by atoms with Gasteiger partial charge in [0.25, 0.3) is 0 Å². The number of unbranched alkanes of at least 4 members (excludes halogenated alkanes) is 3. The minimum atomic E-state index is -1.87. The maximum Gasteiger partial charge on any atom is 0.306 e. The number of aliphatic hydroxyl groups excluding tert-OH is 18. The Bertz CT molecular complexity index is 2190. The van der Waals surface area contributed by atoms with E-state index in [0.29, 0.717) is 57.1 Å². The highest BCUT2D eigenvalue weighted by Crippen LogP contribution is 2.33. The van der Waals surface area contributed by atoms with E-state index in [-0.39, 0.29) is 55.9 Å². The summed E-state index contributed by atoms with van der Waals surface area (Å²) >= 11 is 0. The highest BCUT2D eigenvalue weighted by atomic mass is 16.7. The van der Waals surface area contributed by atoms with Gasteiger partial charge in [-0.05, 0) is 114 Å². The monoisotopic (exact) mass is 1360 g/mol. The fourth-order valence-electron chi connectivity index (χ4n) is 13.2. The third kappa shape index (κ3) is 30.4. The minimum Gasteiger partial charge on any atom is -0.462 e. The molecule has 31 atom stereocenters. The van der Waals surface area contributed by atoms with Gasteiger partial charge < -0.3 is 112 Å². The zero-order valence-electron chi connectivity index (χ0n) is 59.3. The van der Waals surface area contributed by atoms with Crippen molar-refractivity contribution >= 4 is 5.97 Å². The fourth-order valence-corrected chi connectivity index (χ4v) is 13.2. The molecule has 1 saturated heterocycles. The molecule has 2 aliphatic rings. The quantitative estimate of drug-likeness (QED) is 0.0845. The van der Waals surface area contributed by atoms with Crippen LogP contribution in [0.2, 0.25) is 0 Å². The molecule has 0 aromatic heterocycles. The highest BCUT2D eigenvalue weighted by Gasteiger charge is 2.46. The molecular formula is C72H133NO22. The molecule has 29 unspecified atom stereocenters. The highest BCUT2D eigenvalue weighted by molar-refractivity contribution is 5.69. The number of hydrogen-bond donors (Lipinski definition) is 19. The van der Waals surface area contributed by atoms with Crippen LogP contribution in [0.15, 0.2) is 47.6 Å². The molecule has 95 heavy (non-hydrogen) atoms. The Hall–Kier alpha value is -2.41. The van der Waals surface area contributed by atoms with E-state index < -0.39 is 188 Å². The number of rotatable bonds is 10. The Kier molecular flexibility index (Phi) is 42.4. The molecule has 2 rings (SSSR count). The Labute approximate surface area is 567 Å². The van der Waals surface area contributed by atoms with E-state index in [1.54, 1.807) is 74.5 Å². The fraction of sp³-hybridized carbons (Fsp3) is 0.875. The van der Waals surface area contributed by atoms with E-state index in [9.17, 15) is 96.7 Å². The van der Waals surface area contributed by atoms with Crippen LogP contribution >= 0.6 is 0 Å². The number of carbonyl (C=O) groups excluding carboxylic acids is 1. The van der Waals surface area contributed by atoms with Gasteiger partial charge in [-0.2, -0.15) is 0 Å². The van der Waals surface area contributed by atoms with E-state index in [1.807, 2.05) is 26.0 Å². The molecule has 0 aliphatic carbocycles. The number of carbonyl (C=O) groups is 1. The molecule has 0 aromatic carbocycles. The molecule has 0 bridgehead atoms. The van der Waals surface area contributed by atoms with Crippen molar-refractivity contribution < 1.29 is 111 Å². The SMILES string of the molecule is C/C1=C\C(C)C(O)/C(C)=C/C(OC2OC(CO)[C@@H](O)C(O)[C@H]2O)C(O)C(C)C(O)CC(O)/C=C/C(C)C(O)C(C)CCC(O)CC(O)C(C)C(O)C(C)C(O)CC(O)CC(O)C(C)C(C(C)CCCCCCN)OC(=O)CCCCCC(O)C(C)C(O)CC/C=C/C(C)C1O. The van der Waals surface area contributed by atoms with Crippen molar-refractivity contribution in [1.29, 1.82) is 0 Å².